The lowest BCUT2D eigenvalue weighted by atomic mass is 10.1. The van der Waals surface area contributed by atoms with Crippen LogP contribution in [-0.4, -0.2) is 60.0 Å². The molecule has 176 valence electrons. The molecule has 1 atom stereocenters. The first-order chi connectivity index (χ1) is 15.7. The van der Waals surface area contributed by atoms with Crippen molar-refractivity contribution in [3.8, 4) is 0 Å². The second-order valence-electron chi connectivity index (χ2n) is 7.96. The molecular formula is C21H23F3N6O3. The number of nitrogens with one attached hydrogen (secondary N) is 3. The number of amides is 2. The van der Waals surface area contributed by atoms with Gasteiger partial charge in [0.05, 0.1) is 13.0 Å². The minimum absolute atomic E-state index is 0.0213. The van der Waals surface area contributed by atoms with Crippen LogP contribution in [0, 0.1) is 5.92 Å². The number of methoxy groups -OCH3 is 1. The summed E-state index contributed by atoms with van der Waals surface area (Å²) in [7, 11) is 1.54. The predicted octanol–water partition coefficient (Wildman–Crippen LogP) is 2.64. The van der Waals surface area contributed by atoms with Gasteiger partial charge in [-0.15, -0.1) is 0 Å². The van der Waals surface area contributed by atoms with Crippen molar-refractivity contribution in [2.45, 2.75) is 19.0 Å². The molecule has 0 saturated carbocycles. The molecule has 0 spiro atoms. The van der Waals surface area contributed by atoms with Gasteiger partial charge < -0.3 is 25.6 Å². The van der Waals surface area contributed by atoms with Gasteiger partial charge in [0.2, 0.25) is 17.8 Å². The molecule has 4 rings (SSSR count). The lowest BCUT2D eigenvalue weighted by molar-refractivity contribution is -0.137. The summed E-state index contributed by atoms with van der Waals surface area (Å²) in [6.07, 6.45) is -3.44. The summed E-state index contributed by atoms with van der Waals surface area (Å²) >= 11 is 0. The molecule has 0 bridgehead atoms. The van der Waals surface area contributed by atoms with Crippen LogP contribution in [0.25, 0.3) is 0 Å². The number of aromatic nitrogens is 2. The Bertz CT molecular complexity index is 1060. The van der Waals surface area contributed by atoms with Gasteiger partial charge in [-0.1, -0.05) is 0 Å². The van der Waals surface area contributed by atoms with E-state index in [-0.39, 0.29) is 48.9 Å². The number of ether oxygens (including phenoxy) is 1. The minimum atomic E-state index is -4.64. The zero-order valence-electron chi connectivity index (χ0n) is 17.8. The van der Waals surface area contributed by atoms with E-state index in [1.54, 1.807) is 23.1 Å². The summed E-state index contributed by atoms with van der Waals surface area (Å²) in [6, 6.07) is 5.11. The first-order valence-electron chi connectivity index (χ1n) is 10.4. The van der Waals surface area contributed by atoms with Gasteiger partial charge in [0.1, 0.15) is 11.4 Å². The zero-order valence-corrected chi connectivity index (χ0v) is 17.8. The second-order valence-corrected chi connectivity index (χ2v) is 7.96. The summed E-state index contributed by atoms with van der Waals surface area (Å²) in [6.45, 7) is 1.44. The van der Waals surface area contributed by atoms with Crippen LogP contribution in [0.5, 0.6) is 0 Å². The molecule has 1 aromatic heterocycles. The third kappa shape index (κ3) is 5.33. The molecule has 0 radical (unpaired) electrons. The van der Waals surface area contributed by atoms with Crippen LogP contribution in [0.4, 0.5) is 36.3 Å². The number of hydrogen-bond donors (Lipinski definition) is 3. The van der Waals surface area contributed by atoms with Gasteiger partial charge in [0.25, 0.3) is 0 Å². The first-order valence-corrected chi connectivity index (χ1v) is 10.4. The van der Waals surface area contributed by atoms with Crippen molar-refractivity contribution in [1.82, 2.24) is 14.9 Å². The van der Waals surface area contributed by atoms with Crippen molar-refractivity contribution in [2.24, 2.45) is 5.92 Å². The number of alkyl halides is 3. The summed E-state index contributed by atoms with van der Waals surface area (Å²) in [5.74, 6) is -0.702. The number of nitrogens with zero attached hydrogens (tertiary/aromatic N) is 3. The van der Waals surface area contributed by atoms with Crippen LogP contribution in [0.2, 0.25) is 0 Å². The Morgan fingerprint density at radius 1 is 1.30 bits per heavy atom. The number of halogens is 3. The van der Waals surface area contributed by atoms with E-state index in [0.29, 0.717) is 31.1 Å². The van der Waals surface area contributed by atoms with Crippen LogP contribution in [0.15, 0.2) is 24.4 Å². The highest BCUT2D eigenvalue weighted by Crippen LogP contribution is 2.35. The third-order valence-corrected chi connectivity index (χ3v) is 5.50. The fourth-order valence-corrected chi connectivity index (χ4v) is 3.87. The van der Waals surface area contributed by atoms with E-state index in [1.807, 2.05) is 0 Å². The summed E-state index contributed by atoms with van der Waals surface area (Å²) in [5.41, 5.74) is 1.04. The number of fused-ring (bicyclic) bond motifs is 1. The van der Waals surface area contributed by atoms with Gasteiger partial charge in [-0.2, -0.15) is 18.2 Å². The second kappa shape index (κ2) is 9.22. The van der Waals surface area contributed by atoms with Gasteiger partial charge in [0, 0.05) is 56.7 Å². The van der Waals surface area contributed by atoms with Gasteiger partial charge in [-0.05, 0) is 23.8 Å². The smallest absolute Gasteiger partial charge is 0.383 e. The van der Waals surface area contributed by atoms with Crippen LogP contribution >= 0.6 is 0 Å². The quantitative estimate of drug-likeness (QED) is 0.551. The number of carbonyl (C=O) groups is 2. The van der Waals surface area contributed by atoms with E-state index >= 15 is 0 Å². The fraction of sp³-hybridized carbons (Fsp3) is 0.429. The molecule has 1 aromatic carbocycles. The molecular weight excluding hydrogens is 441 g/mol. The van der Waals surface area contributed by atoms with E-state index < -0.39 is 11.7 Å². The summed E-state index contributed by atoms with van der Waals surface area (Å²) < 4.78 is 45.5. The maximum Gasteiger partial charge on any atom is 0.421 e. The predicted molar refractivity (Wildman–Crippen MR) is 114 cm³/mol. The Labute approximate surface area is 187 Å². The highest BCUT2D eigenvalue weighted by atomic mass is 19.4. The number of benzene rings is 1. The summed E-state index contributed by atoms with van der Waals surface area (Å²) in [4.78, 5) is 33.1. The molecule has 2 aliphatic heterocycles. The minimum Gasteiger partial charge on any atom is -0.383 e. The van der Waals surface area contributed by atoms with Crippen molar-refractivity contribution in [3.05, 3.63) is 35.5 Å². The van der Waals surface area contributed by atoms with Gasteiger partial charge in [-0.3, -0.25) is 9.59 Å². The molecule has 12 heteroatoms. The molecule has 3 N–H and O–H groups in total. The van der Waals surface area contributed by atoms with Crippen molar-refractivity contribution >= 4 is 35.0 Å². The molecule has 2 aliphatic rings. The van der Waals surface area contributed by atoms with Crippen molar-refractivity contribution in [1.29, 1.82) is 0 Å². The maximum absolute atomic E-state index is 13.5. The molecule has 33 heavy (non-hydrogen) atoms. The van der Waals surface area contributed by atoms with Gasteiger partial charge >= 0.3 is 6.18 Å². The van der Waals surface area contributed by atoms with Crippen LogP contribution in [0.1, 0.15) is 17.5 Å². The SMILES string of the molecule is COCCN1CC(CNc2nc(Nc3ccc4c(c3)CC(=O)N4)ncc2C(F)(F)F)CC1=O. The Balaban J connectivity index is 1.47. The lowest BCUT2D eigenvalue weighted by Gasteiger charge is -2.18. The standard InChI is InChI=1S/C21H23F3N6O3/c1-33-5-4-30-11-12(6-18(30)32)9-25-19-15(21(22,23)24)10-26-20(29-19)27-14-2-3-16-13(7-14)8-17(31)28-16/h2-3,7,10,12H,4-6,8-9,11H2,1H3,(H,28,31)(H2,25,26,27,29). The van der Waals surface area contributed by atoms with Crippen LogP contribution in [-0.2, 0) is 26.9 Å². The van der Waals surface area contributed by atoms with Crippen molar-refractivity contribution in [2.75, 3.05) is 49.3 Å². The van der Waals surface area contributed by atoms with E-state index in [9.17, 15) is 22.8 Å². The number of likely N-dealkylation sites (tertiary alicyclic amines) is 1. The monoisotopic (exact) mass is 464 g/mol. The molecule has 1 saturated heterocycles. The van der Waals surface area contributed by atoms with E-state index in [1.165, 1.54) is 7.11 Å². The first kappa shape index (κ1) is 22.8. The highest BCUT2D eigenvalue weighted by Gasteiger charge is 2.36. The van der Waals surface area contributed by atoms with E-state index in [0.717, 1.165) is 11.8 Å². The molecule has 3 heterocycles. The van der Waals surface area contributed by atoms with E-state index in [2.05, 4.69) is 25.9 Å². The number of rotatable bonds is 8. The fourth-order valence-electron chi connectivity index (χ4n) is 3.87. The van der Waals surface area contributed by atoms with E-state index in [4.69, 9.17) is 4.74 Å². The largest absolute Gasteiger partial charge is 0.421 e. The molecule has 9 nitrogen and oxygen atoms in total. The lowest BCUT2D eigenvalue weighted by Crippen LogP contribution is -2.29. The average molecular weight is 464 g/mol. The van der Waals surface area contributed by atoms with Crippen molar-refractivity contribution < 1.29 is 27.5 Å². The maximum atomic E-state index is 13.5. The third-order valence-electron chi connectivity index (χ3n) is 5.50. The highest BCUT2D eigenvalue weighted by molar-refractivity contribution is 5.99. The zero-order chi connectivity index (χ0) is 23.6. The molecule has 2 aromatic rings. The van der Waals surface area contributed by atoms with Crippen LogP contribution < -0.4 is 16.0 Å². The Morgan fingerprint density at radius 2 is 2.12 bits per heavy atom. The van der Waals surface area contributed by atoms with Crippen LogP contribution in [0.3, 0.4) is 0 Å². The normalized spacial score (nSPS) is 17.8. The Morgan fingerprint density at radius 3 is 2.88 bits per heavy atom. The topological polar surface area (TPSA) is 108 Å². The Kier molecular flexibility index (Phi) is 6.36. The number of carbonyl (C=O) groups excluding carboxylic acids is 2. The molecule has 0 aliphatic carbocycles. The Hall–Kier alpha value is -3.41. The molecule has 1 unspecified atom stereocenters. The van der Waals surface area contributed by atoms with Gasteiger partial charge in [-0.25, -0.2) is 4.98 Å². The molecule has 1 fully saturated rings. The number of hydrogen-bond acceptors (Lipinski definition) is 7. The van der Waals surface area contributed by atoms with Gasteiger partial charge in [0.15, 0.2) is 0 Å². The van der Waals surface area contributed by atoms with Crippen molar-refractivity contribution in [3.63, 3.8) is 0 Å². The molecule has 2 amide bonds. The summed E-state index contributed by atoms with van der Waals surface area (Å²) in [5, 5.41) is 8.36. The average Bonchev–Trinajstić information content (AvgIpc) is 3.30. The number of anilines is 4.